The summed E-state index contributed by atoms with van der Waals surface area (Å²) in [5.74, 6) is 0.893. The first-order valence-electron chi connectivity index (χ1n) is 15.8. The highest BCUT2D eigenvalue weighted by atomic mass is 15.1. The van der Waals surface area contributed by atoms with E-state index in [1.807, 2.05) is 12.1 Å². The second-order valence-electron chi connectivity index (χ2n) is 12.3. The van der Waals surface area contributed by atoms with Gasteiger partial charge in [0, 0.05) is 10.9 Å². The molecule has 0 aliphatic heterocycles. The summed E-state index contributed by atoms with van der Waals surface area (Å²) in [6, 6.07) is 52.5. The zero-order chi connectivity index (χ0) is 30.4. The Morgan fingerprint density at radius 2 is 1.07 bits per heavy atom. The van der Waals surface area contributed by atoms with Gasteiger partial charge in [0.25, 0.3) is 0 Å². The van der Waals surface area contributed by atoms with E-state index in [9.17, 15) is 0 Å². The van der Waals surface area contributed by atoms with Crippen molar-refractivity contribution in [3.8, 4) is 33.6 Å². The molecular weight excluding hydrogens is 558 g/mol. The largest absolute Gasteiger partial charge is 0.276 e. The fourth-order valence-electron chi connectivity index (χ4n) is 7.48. The number of benzene rings is 8. The molecule has 8 aromatic carbocycles. The summed E-state index contributed by atoms with van der Waals surface area (Å²) in [7, 11) is 0. The van der Waals surface area contributed by atoms with Gasteiger partial charge in [-0.05, 0) is 91.8 Å². The maximum Gasteiger partial charge on any atom is 0.149 e. The minimum Gasteiger partial charge on any atom is -0.276 e. The highest BCUT2D eigenvalue weighted by Gasteiger charge is 2.18. The van der Waals surface area contributed by atoms with E-state index in [1.54, 1.807) is 0 Å². The zero-order valence-electron chi connectivity index (χ0n) is 25.2. The Hall–Kier alpha value is -6.06. The molecule has 0 spiro atoms. The average Bonchev–Trinajstić information content (AvgIpc) is 3.50. The van der Waals surface area contributed by atoms with Gasteiger partial charge in [-0.2, -0.15) is 0 Å². The van der Waals surface area contributed by atoms with Gasteiger partial charge < -0.3 is 0 Å². The maximum atomic E-state index is 5.23. The third-order valence-corrected chi connectivity index (χ3v) is 9.57. The van der Waals surface area contributed by atoms with Crippen LogP contribution in [0.2, 0.25) is 0 Å². The maximum absolute atomic E-state index is 5.23. The van der Waals surface area contributed by atoms with Crippen molar-refractivity contribution in [3.63, 3.8) is 0 Å². The van der Waals surface area contributed by atoms with Crippen molar-refractivity contribution in [1.29, 1.82) is 0 Å². The lowest BCUT2D eigenvalue weighted by atomic mass is 9.87. The number of aromatic nitrogens is 3. The van der Waals surface area contributed by atoms with Crippen LogP contribution in [0.15, 0.2) is 146 Å². The van der Waals surface area contributed by atoms with Crippen LogP contribution in [-0.2, 0) is 0 Å². The molecule has 0 unspecified atom stereocenters. The lowest BCUT2D eigenvalue weighted by Gasteiger charge is -2.17. The van der Waals surface area contributed by atoms with Crippen LogP contribution >= 0.6 is 0 Å². The number of imidazole rings is 1. The molecule has 3 heteroatoms. The van der Waals surface area contributed by atoms with Crippen LogP contribution in [0.3, 0.4) is 0 Å². The molecule has 0 N–H and O–H groups in total. The number of para-hydroxylation sites is 3. The van der Waals surface area contributed by atoms with Crippen molar-refractivity contribution in [1.82, 2.24) is 14.4 Å². The van der Waals surface area contributed by atoms with Crippen LogP contribution in [0.1, 0.15) is 5.56 Å². The van der Waals surface area contributed by atoms with Crippen molar-refractivity contribution in [3.05, 3.63) is 151 Å². The summed E-state index contributed by atoms with van der Waals surface area (Å²) in [5, 5.41) is 8.78. The van der Waals surface area contributed by atoms with Crippen LogP contribution < -0.4 is 0 Å². The van der Waals surface area contributed by atoms with Gasteiger partial charge in [-0.3, -0.25) is 4.40 Å². The standard InChI is InChI=1S/C43H27N3/c1-26-8-6-9-29(24-26)32-20-16-27-19-23-35-33(21-17-28-18-22-34(32)40(27)41(28)35)30-10-7-11-31(25-30)42-44-37-13-3-2-12-36(37)43-45-38-14-4-5-15-39(38)46(42)43/h2-25H,1H3. The molecular formula is C43H27N3. The van der Waals surface area contributed by atoms with Crippen LogP contribution in [0, 0.1) is 6.92 Å². The summed E-state index contributed by atoms with van der Waals surface area (Å²) in [5.41, 5.74) is 11.1. The number of nitrogens with zero attached hydrogens (tertiary/aromatic N) is 3. The third kappa shape index (κ3) is 3.60. The van der Waals surface area contributed by atoms with Crippen molar-refractivity contribution in [2.24, 2.45) is 0 Å². The lowest BCUT2D eigenvalue weighted by Crippen LogP contribution is -1.98. The number of fused-ring (bicyclic) bond motifs is 5. The van der Waals surface area contributed by atoms with E-state index in [0.29, 0.717) is 0 Å². The Kier molecular flexibility index (Phi) is 5.20. The molecule has 46 heavy (non-hydrogen) atoms. The van der Waals surface area contributed by atoms with Crippen LogP contribution in [-0.4, -0.2) is 14.4 Å². The molecule has 0 aliphatic rings. The van der Waals surface area contributed by atoms with E-state index in [1.165, 1.54) is 60.1 Å². The van der Waals surface area contributed by atoms with Crippen LogP contribution in [0.5, 0.6) is 0 Å². The quantitative estimate of drug-likeness (QED) is 0.193. The topological polar surface area (TPSA) is 30.2 Å². The first-order chi connectivity index (χ1) is 22.7. The number of hydrogen-bond acceptors (Lipinski definition) is 2. The normalized spacial score (nSPS) is 12.0. The van der Waals surface area contributed by atoms with Crippen LogP contribution in [0.4, 0.5) is 0 Å². The Balaban J connectivity index is 1.22. The average molecular weight is 586 g/mol. The van der Waals surface area contributed by atoms with Gasteiger partial charge in [-0.25, -0.2) is 9.97 Å². The highest BCUT2D eigenvalue weighted by molar-refractivity contribution is 6.27. The van der Waals surface area contributed by atoms with E-state index >= 15 is 0 Å². The van der Waals surface area contributed by atoms with Gasteiger partial charge in [0.1, 0.15) is 11.5 Å². The monoisotopic (exact) mass is 585 g/mol. The first kappa shape index (κ1) is 25.3. The number of rotatable bonds is 3. The van der Waals surface area contributed by atoms with E-state index in [2.05, 4.69) is 145 Å². The smallest absolute Gasteiger partial charge is 0.149 e. The lowest BCUT2D eigenvalue weighted by molar-refractivity contribution is 1.16. The number of aryl methyl sites for hydroxylation is 1. The fourth-order valence-corrected chi connectivity index (χ4v) is 7.48. The SMILES string of the molecule is Cc1cccc(-c2ccc3ccc4c(-c5cccc(-c6nc7ccccc7c7nc8ccccc8n67)c5)ccc5ccc2c3c54)c1. The molecule has 0 amide bonds. The molecule has 2 aromatic heterocycles. The highest BCUT2D eigenvalue weighted by Crippen LogP contribution is 2.43. The Labute approximate surface area is 265 Å². The Morgan fingerprint density at radius 3 is 1.80 bits per heavy atom. The summed E-state index contributed by atoms with van der Waals surface area (Å²) in [6.45, 7) is 2.16. The first-order valence-corrected chi connectivity index (χ1v) is 15.8. The van der Waals surface area contributed by atoms with Gasteiger partial charge in [0.15, 0.2) is 0 Å². The van der Waals surface area contributed by atoms with E-state index in [0.717, 1.165) is 39.0 Å². The molecule has 3 nitrogen and oxygen atoms in total. The molecule has 10 aromatic rings. The van der Waals surface area contributed by atoms with Gasteiger partial charge in [0.05, 0.1) is 16.6 Å². The van der Waals surface area contributed by atoms with Crippen LogP contribution in [0.25, 0.3) is 93.5 Å². The van der Waals surface area contributed by atoms with Crippen molar-refractivity contribution >= 4 is 59.9 Å². The molecule has 0 bridgehead atoms. The molecule has 2 heterocycles. The van der Waals surface area contributed by atoms with E-state index in [-0.39, 0.29) is 0 Å². The second kappa shape index (κ2) is 9.47. The summed E-state index contributed by atoms with van der Waals surface area (Å²) in [4.78, 5) is 10.3. The molecule has 10 rings (SSSR count). The van der Waals surface area contributed by atoms with Crippen molar-refractivity contribution in [2.75, 3.05) is 0 Å². The van der Waals surface area contributed by atoms with Gasteiger partial charge >= 0.3 is 0 Å². The van der Waals surface area contributed by atoms with E-state index in [4.69, 9.17) is 9.97 Å². The predicted octanol–water partition coefficient (Wildman–Crippen LogP) is 11.2. The van der Waals surface area contributed by atoms with Gasteiger partial charge in [0.2, 0.25) is 0 Å². The molecule has 0 saturated carbocycles. The molecule has 0 radical (unpaired) electrons. The number of hydrogen-bond donors (Lipinski definition) is 0. The second-order valence-corrected chi connectivity index (χ2v) is 12.3. The zero-order valence-corrected chi connectivity index (χ0v) is 25.2. The van der Waals surface area contributed by atoms with Gasteiger partial charge in [-0.15, -0.1) is 0 Å². The fraction of sp³-hybridized carbons (Fsp3) is 0.0233. The Bertz CT molecular complexity index is 2820. The van der Waals surface area contributed by atoms with Gasteiger partial charge in [-0.1, -0.05) is 121 Å². The summed E-state index contributed by atoms with van der Waals surface area (Å²) < 4.78 is 2.22. The molecule has 0 aliphatic carbocycles. The molecule has 0 fully saturated rings. The molecule has 0 saturated heterocycles. The Morgan fingerprint density at radius 1 is 0.457 bits per heavy atom. The third-order valence-electron chi connectivity index (χ3n) is 9.57. The minimum absolute atomic E-state index is 0.893. The molecule has 0 atom stereocenters. The van der Waals surface area contributed by atoms with Crippen molar-refractivity contribution in [2.45, 2.75) is 6.92 Å². The molecule has 214 valence electrons. The summed E-state index contributed by atoms with van der Waals surface area (Å²) in [6.07, 6.45) is 0. The van der Waals surface area contributed by atoms with E-state index < -0.39 is 0 Å². The minimum atomic E-state index is 0.893. The van der Waals surface area contributed by atoms with Crippen molar-refractivity contribution < 1.29 is 0 Å². The predicted molar refractivity (Wildman–Crippen MR) is 193 cm³/mol. The summed E-state index contributed by atoms with van der Waals surface area (Å²) >= 11 is 0.